The van der Waals surface area contributed by atoms with E-state index in [1.165, 1.54) is 5.56 Å². The Balaban J connectivity index is 0.00000280. The first-order valence-electron chi connectivity index (χ1n) is 9.03. The fourth-order valence-corrected chi connectivity index (χ4v) is 3.02. The van der Waals surface area contributed by atoms with Crippen LogP contribution in [0.1, 0.15) is 16.7 Å². The molecular weight excluding hydrogens is 393 g/mol. The van der Waals surface area contributed by atoms with E-state index in [9.17, 15) is 0 Å². The van der Waals surface area contributed by atoms with Gasteiger partial charge >= 0.3 is 0 Å². The lowest BCUT2D eigenvalue weighted by Gasteiger charge is -2.10. The molecule has 0 bridgehead atoms. The molecule has 3 aromatic rings. The molecule has 0 aliphatic rings. The van der Waals surface area contributed by atoms with Gasteiger partial charge in [-0.2, -0.15) is 0 Å². The molecule has 0 amide bonds. The van der Waals surface area contributed by atoms with Gasteiger partial charge in [0.15, 0.2) is 0 Å². The smallest absolute Gasteiger partial charge is 0.138 e. The Morgan fingerprint density at radius 3 is 2.25 bits per heavy atom. The number of halogens is 2. The maximum Gasteiger partial charge on any atom is 0.138 e. The SMILES string of the molecule is COc1ccc(CCNCc2ccc(OCc3ccccc3)c(Cl)c2)cc1.Cl. The summed E-state index contributed by atoms with van der Waals surface area (Å²) >= 11 is 6.37. The van der Waals surface area contributed by atoms with Crippen LogP contribution < -0.4 is 14.8 Å². The number of hydrogen-bond donors (Lipinski definition) is 1. The third-order valence-corrected chi connectivity index (χ3v) is 4.61. The highest BCUT2D eigenvalue weighted by Crippen LogP contribution is 2.26. The molecule has 0 fully saturated rings. The lowest BCUT2D eigenvalue weighted by Crippen LogP contribution is -2.16. The Bertz CT molecular complexity index is 839. The lowest BCUT2D eigenvalue weighted by molar-refractivity contribution is 0.306. The van der Waals surface area contributed by atoms with Crippen LogP contribution >= 0.6 is 24.0 Å². The molecule has 0 saturated carbocycles. The monoisotopic (exact) mass is 417 g/mol. The summed E-state index contributed by atoms with van der Waals surface area (Å²) in [6, 6.07) is 24.2. The Labute approximate surface area is 178 Å². The van der Waals surface area contributed by atoms with Gasteiger partial charge in [-0.15, -0.1) is 12.4 Å². The van der Waals surface area contributed by atoms with Crippen molar-refractivity contribution < 1.29 is 9.47 Å². The zero-order chi connectivity index (χ0) is 18.9. The molecule has 0 aliphatic heterocycles. The minimum atomic E-state index is 0. The molecule has 3 rings (SSSR count). The van der Waals surface area contributed by atoms with Crippen LogP contribution in [-0.2, 0) is 19.6 Å². The second kappa shape index (κ2) is 11.6. The third-order valence-electron chi connectivity index (χ3n) is 4.31. The van der Waals surface area contributed by atoms with Crippen LogP contribution in [0.5, 0.6) is 11.5 Å². The summed E-state index contributed by atoms with van der Waals surface area (Å²) in [6.45, 7) is 2.19. The second-order valence-corrected chi connectivity index (χ2v) is 6.72. The van der Waals surface area contributed by atoms with Crippen molar-refractivity contribution in [2.45, 2.75) is 19.6 Å². The van der Waals surface area contributed by atoms with Crippen molar-refractivity contribution in [3.8, 4) is 11.5 Å². The normalized spacial score (nSPS) is 10.2. The van der Waals surface area contributed by atoms with Gasteiger partial charge in [-0.1, -0.05) is 60.1 Å². The fourth-order valence-electron chi connectivity index (χ4n) is 2.76. The molecule has 1 N–H and O–H groups in total. The van der Waals surface area contributed by atoms with Crippen LogP contribution in [0.4, 0.5) is 0 Å². The van der Waals surface area contributed by atoms with Gasteiger partial charge in [-0.25, -0.2) is 0 Å². The van der Waals surface area contributed by atoms with Gasteiger partial charge in [-0.3, -0.25) is 0 Å². The van der Waals surface area contributed by atoms with E-state index >= 15 is 0 Å². The van der Waals surface area contributed by atoms with Gasteiger partial charge in [0.05, 0.1) is 12.1 Å². The molecule has 28 heavy (non-hydrogen) atoms. The summed E-state index contributed by atoms with van der Waals surface area (Å²) in [7, 11) is 1.68. The van der Waals surface area contributed by atoms with Crippen LogP contribution in [0.3, 0.4) is 0 Å². The van der Waals surface area contributed by atoms with Crippen molar-refractivity contribution in [2.75, 3.05) is 13.7 Å². The Morgan fingerprint density at radius 2 is 1.57 bits per heavy atom. The molecule has 0 aromatic heterocycles. The molecule has 0 saturated heterocycles. The number of methoxy groups -OCH3 is 1. The third kappa shape index (κ3) is 6.75. The molecule has 0 spiro atoms. The van der Waals surface area contributed by atoms with E-state index in [1.807, 2.05) is 60.7 Å². The van der Waals surface area contributed by atoms with E-state index in [0.717, 1.165) is 36.4 Å². The standard InChI is InChI=1S/C23H24ClNO2.ClH/c1-26-21-10-7-18(8-11-21)13-14-25-16-20-9-12-23(22(24)15-20)27-17-19-5-3-2-4-6-19;/h2-12,15,25H,13-14,16-17H2,1H3;1H. The van der Waals surface area contributed by atoms with Gasteiger partial charge < -0.3 is 14.8 Å². The van der Waals surface area contributed by atoms with Crippen molar-refractivity contribution in [1.82, 2.24) is 5.32 Å². The minimum Gasteiger partial charge on any atom is -0.497 e. The number of ether oxygens (including phenoxy) is 2. The van der Waals surface area contributed by atoms with Gasteiger partial charge in [0, 0.05) is 6.54 Å². The average molecular weight is 418 g/mol. The highest BCUT2D eigenvalue weighted by atomic mass is 35.5. The lowest BCUT2D eigenvalue weighted by atomic mass is 10.1. The van der Waals surface area contributed by atoms with Gasteiger partial charge in [0.1, 0.15) is 18.1 Å². The average Bonchev–Trinajstić information content (AvgIpc) is 2.72. The molecule has 0 atom stereocenters. The van der Waals surface area contributed by atoms with Crippen molar-refractivity contribution in [3.05, 3.63) is 94.5 Å². The van der Waals surface area contributed by atoms with Crippen molar-refractivity contribution >= 4 is 24.0 Å². The van der Waals surface area contributed by atoms with Crippen LogP contribution in [0.15, 0.2) is 72.8 Å². The molecular formula is C23H25Cl2NO2. The molecule has 0 heterocycles. The molecule has 0 radical (unpaired) electrons. The summed E-state index contributed by atoms with van der Waals surface area (Å²) < 4.78 is 11.0. The number of nitrogens with one attached hydrogen (secondary N) is 1. The zero-order valence-corrected chi connectivity index (χ0v) is 17.4. The molecule has 0 aliphatic carbocycles. The summed E-state index contributed by atoms with van der Waals surface area (Å²) in [5.41, 5.74) is 3.55. The molecule has 0 unspecified atom stereocenters. The van der Waals surface area contributed by atoms with Crippen LogP contribution in [0, 0.1) is 0 Å². The topological polar surface area (TPSA) is 30.5 Å². The quantitative estimate of drug-likeness (QED) is 0.454. The maximum atomic E-state index is 6.37. The summed E-state index contributed by atoms with van der Waals surface area (Å²) in [4.78, 5) is 0. The maximum absolute atomic E-state index is 6.37. The van der Waals surface area contributed by atoms with Crippen LogP contribution in [0.25, 0.3) is 0 Å². The zero-order valence-electron chi connectivity index (χ0n) is 15.9. The summed E-state index contributed by atoms with van der Waals surface area (Å²) in [5.74, 6) is 1.60. The first-order valence-corrected chi connectivity index (χ1v) is 9.41. The summed E-state index contributed by atoms with van der Waals surface area (Å²) in [5, 5.41) is 4.09. The van der Waals surface area contributed by atoms with E-state index in [2.05, 4.69) is 17.4 Å². The van der Waals surface area contributed by atoms with E-state index in [0.29, 0.717) is 17.4 Å². The predicted octanol–water partition coefficient (Wildman–Crippen LogP) is 5.68. The van der Waals surface area contributed by atoms with Crippen LogP contribution in [0.2, 0.25) is 5.02 Å². The first-order chi connectivity index (χ1) is 13.2. The predicted molar refractivity (Wildman–Crippen MR) is 118 cm³/mol. The Morgan fingerprint density at radius 1 is 0.857 bits per heavy atom. The van der Waals surface area contributed by atoms with Gasteiger partial charge in [0.2, 0.25) is 0 Å². The molecule has 3 nitrogen and oxygen atoms in total. The number of hydrogen-bond acceptors (Lipinski definition) is 3. The second-order valence-electron chi connectivity index (χ2n) is 6.31. The number of benzene rings is 3. The van der Waals surface area contributed by atoms with E-state index in [1.54, 1.807) is 7.11 Å². The largest absolute Gasteiger partial charge is 0.497 e. The fraction of sp³-hybridized carbons (Fsp3) is 0.217. The van der Waals surface area contributed by atoms with Gasteiger partial charge in [-0.05, 0) is 53.9 Å². The Hall–Kier alpha value is -2.20. The van der Waals surface area contributed by atoms with Crippen LogP contribution in [-0.4, -0.2) is 13.7 Å². The van der Waals surface area contributed by atoms with Crippen molar-refractivity contribution in [3.63, 3.8) is 0 Å². The first kappa shape index (κ1) is 22.1. The van der Waals surface area contributed by atoms with Crippen molar-refractivity contribution in [2.24, 2.45) is 0 Å². The highest BCUT2D eigenvalue weighted by molar-refractivity contribution is 6.32. The summed E-state index contributed by atoms with van der Waals surface area (Å²) in [6.07, 6.45) is 0.968. The van der Waals surface area contributed by atoms with E-state index < -0.39 is 0 Å². The minimum absolute atomic E-state index is 0. The molecule has 5 heteroatoms. The Kier molecular flexibility index (Phi) is 9.15. The molecule has 148 valence electrons. The van der Waals surface area contributed by atoms with Crippen molar-refractivity contribution in [1.29, 1.82) is 0 Å². The number of rotatable bonds is 9. The van der Waals surface area contributed by atoms with E-state index in [4.69, 9.17) is 21.1 Å². The van der Waals surface area contributed by atoms with E-state index in [-0.39, 0.29) is 12.4 Å². The molecule has 3 aromatic carbocycles. The highest BCUT2D eigenvalue weighted by Gasteiger charge is 2.04. The van der Waals surface area contributed by atoms with Gasteiger partial charge in [0.25, 0.3) is 0 Å².